The molecular weight excluding hydrogens is 260 g/mol. The molecular formula is C18H28N2O. The molecule has 0 aliphatic carbocycles. The molecule has 0 aliphatic heterocycles. The Morgan fingerprint density at radius 2 is 1.62 bits per heavy atom. The molecule has 1 aromatic carbocycles. The van der Waals surface area contributed by atoms with Crippen LogP contribution in [0.25, 0.3) is 0 Å². The van der Waals surface area contributed by atoms with Gasteiger partial charge >= 0.3 is 6.03 Å². The topological polar surface area (TPSA) is 41.1 Å². The maximum atomic E-state index is 12.1. The zero-order valence-electron chi connectivity index (χ0n) is 14.3. The van der Waals surface area contributed by atoms with Crippen molar-refractivity contribution in [3.63, 3.8) is 0 Å². The molecule has 3 heteroatoms. The number of carbonyl (C=O) groups is 1. The first kappa shape index (κ1) is 17.3. The lowest BCUT2D eigenvalue weighted by Crippen LogP contribution is -2.27. The van der Waals surface area contributed by atoms with Crippen LogP contribution in [0.4, 0.5) is 10.5 Å². The van der Waals surface area contributed by atoms with E-state index in [1.54, 1.807) is 6.20 Å². The van der Waals surface area contributed by atoms with E-state index < -0.39 is 0 Å². The zero-order chi connectivity index (χ0) is 16.3. The normalized spacial score (nSPS) is 13.0. The van der Waals surface area contributed by atoms with Gasteiger partial charge in [0.05, 0.1) is 0 Å². The van der Waals surface area contributed by atoms with Crippen LogP contribution in [0.5, 0.6) is 0 Å². The fraction of sp³-hybridized carbons (Fsp3) is 0.500. The minimum absolute atomic E-state index is 0.0129. The number of carbonyl (C=O) groups excluding carboxylic acids is 1. The Balaban J connectivity index is 2.82. The summed E-state index contributed by atoms with van der Waals surface area (Å²) in [5.41, 5.74) is 3.14. The largest absolute Gasteiger partial charge is 0.323 e. The van der Waals surface area contributed by atoms with Crippen molar-refractivity contribution in [3.8, 4) is 0 Å². The third kappa shape index (κ3) is 5.25. The van der Waals surface area contributed by atoms with E-state index >= 15 is 0 Å². The highest BCUT2D eigenvalue weighted by molar-refractivity contribution is 5.91. The predicted octanol–water partition coefficient (Wildman–Crippen LogP) is 5.06. The molecule has 0 radical (unpaired) electrons. The molecule has 0 aromatic heterocycles. The Hall–Kier alpha value is -1.77. The van der Waals surface area contributed by atoms with Crippen LogP contribution >= 0.6 is 0 Å². The number of benzene rings is 1. The van der Waals surface area contributed by atoms with Gasteiger partial charge in [-0.2, -0.15) is 0 Å². The number of allylic oxidation sites excluding steroid dienone is 1. The van der Waals surface area contributed by atoms with Crippen molar-refractivity contribution >= 4 is 11.7 Å². The number of nitrogens with one attached hydrogen (secondary N) is 2. The van der Waals surface area contributed by atoms with Gasteiger partial charge in [-0.05, 0) is 29.4 Å². The van der Waals surface area contributed by atoms with E-state index in [-0.39, 0.29) is 16.9 Å². The van der Waals surface area contributed by atoms with Crippen molar-refractivity contribution < 1.29 is 4.79 Å². The Morgan fingerprint density at radius 3 is 2.14 bits per heavy atom. The molecule has 0 saturated carbocycles. The van der Waals surface area contributed by atoms with Crippen LogP contribution in [0.15, 0.2) is 36.0 Å². The van der Waals surface area contributed by atoms with Crippen LogP contribution < -0.4 is 10.6 Å². The van der Waals surface area contributed by atoms with Gasteiger partial charge in [0.25, 0.3) is 0 Å². The second-order valence-electron chi connectivity index (χ2n) is 7.47. The fourth-order valence-corrected chi connectivity index (χ4v) is 1.79. The summed E-state index contributed by atoms with van der Waals surface area (Å²) < 4.78 is 0. The standard InChI is InChI=1S/C18H28N2O/c1-13(17(2,3)4)12-19-16(21)20-15-11-9-8-10-14(15)18(5,6)7/h8-12H,1-7H3,(H2,19,20,21)/b13-12+. The van der Waals surface area contributed by atoms with Crippen LogP contribution in [0, 0.1) is 5.41 Å². The number of hydrogen-bond donors (Lipinski definition) is 2. The van der Waals surface area contributed by atoms with E-state index in [1.165, 1.54) is 0 Å². The van der Waals surface area contributed by atoms with Crippen LogP contribution in [0.1, 0.15) is 54.0 Å². The minimum atomic E-state index is -0.213. The Bertz CT molecular complexity index is 531. The Morgan fingerprint density at radius 1 is 1.05 bits per heavy atom. The number of para-hydroxylation sites is 1. The lowest BCUT2D eigenvalue weighted by molar-refractivity contribution is 0.255. The molecule has 3 nitrogen and oxygen atoms in total. The van der Waals surface area contributed by atoms with Crippen molar-refractivity contribution in [2.24, 2.45) is 5.41 Å². The van der Waals surface area contributed by atoms with E-state index in [1.807, 2.05) is 31.2 Å². The fourth-order valence-electron chi connectivity index (χ4n) is 1.79. The summed E-state index contributed by atoms with van der Waals surface area (Å²) in [5.74, 6) is 0. The molecule has 0 unspecified atom stereocenters. The molecule has 2 N–H and O–H groups in total. The van der Waals surface area contributed by atoms with Crippen molar-refractivity contribution in [1.82, 2.24) is 5.32 Å². The highest BCUT2D eigenvalue weighted by atomic mass is 16.2. The molecule has 0 aliphatic rings. The van der Waals surface area contributed by atoms with Gasteiger partial charge in [-0.25, -0.2) is 4.79 Å². The second kappa shape index (κ2) is 6.33. The third-order valence-corrected chi connectivity index (χ3v) is 3.59. The minimum Gasteiger partial charge on any atom is -0.314 e. The van der Waals surface area contributed by atoms with Crippen molar-refractivity contribution in [2.45, 2.75) is 53.9 Å². The lowest BCUT2D eigenvalue weighted by atomic mass is 9.86. The van der Waals surface area contributed by atoms with Gasteiger partial charge in [0.1, 0.15) is 0 Å². The number of hydrogen-bond acceptors (Lipinski definition) is 1. The number of amides is 2. The van der Waals surface area contributed by atoms with Gasteiger partial charge in [-0.3, -0.25) is 0 Å². The van der Waals surface area contributed by atoms with E-state index in [0.717, 1.165) is 16.8 Å². The maximum absolute atomic E-state index is 12.1. The first-order valence-corrected chi connectivity index (χ1v) is 7.36. The summed E-state index contributed by atoms with van der Waals surface area (Å²) in [6.07, 6.45) is 1.77. The first-order valence-electron chi connectivity index (χ1n) is 7.36. The van der Waals surface area contributed by atoms with Crippen molar-refractivity contribution in [3.05, 3.63) is 41.6 Å². The average molecular weight is 288 g/mol. The average Bonchev–Trinajstić information content (AvgIpc) is 2.34. The second-order valence-corrected chi connectivity index (χ2v) is 7.47. The van der Waals surface area contributed by atoms with Gasteiger partial charge in [-0.15, -0.1) is 0 Å². The molecule has 1 rings (SSSR count). The van der Waals surface area contributed by atoms with Crippen LogP contribution in [0.3, 0.4) is 0 Å². The van der Waals surface area contributed by atoms with Gasteiger partial charge in [0.2, 0.25) is 0 Å². The molecule has 116 valence electrons. The molecule has 0 bridgehead atoms. The quantitative estimate of drug-likeness (QED) is 0.785. The van der Waals surface area contributed by atoms with Crippen molar-refractivity contribution in [1.29, 1.82) is 0 Å². The summed E-state index contributed by atoms with van der Waals surface area (Å²) >= 11 is 0. The van der Waals surface area contributed by atoms with E-state index in [2.05, 4.69) is 52.2 Å². The number of anilines is 1. The molecule has 21 heavy (non-hydrogen) atoms. The summed E-state index contributed by atoms with van der Waals surface area (Å²) in [7, 11) is 0. The molecule has 0 atom stereocenters. The Kier molecular flexibility index (Phi) is 5.21. The molecule has 2 amide bonds. The van der Waals surface area contributed by atoms with E-state index in [9.17, 15) is 4.79 Å². The number of urea groups is 1. The van der Waals surface area contributed by atoms with Crippen LogP contribution in [-0.4, -0.2) is 6.03 Å². The highest BCUT2D eigenvalue weighted by Crippen LogP contribution is 2.29. The molecule has 0 fully saturated rings. The van der Waals surface area contributed by atoms with Gasteiger partial charge in [0.15, 0.2) is 0 Å². The summed E-state index contributed by atoms with van der Waals surface area (Å²) in [4.78, 5) is 12.1. The molecule has 0 spiro atoms. The van der Waals surface area contributed by atoms with Gasteiger partial charge in [-0.1, -0.05) is 65.3 Å². The molecule has 0 heterocycles. The summed E-state index contributed by atoms with van der Waals surface area (Å²) in [6.45, 7) is 14.8. The molecule has 0 saturated heterocycles. The highest BCUT2D eigenvalue weighted by Gasteiger charge is 2.18. The molecule has 1 aromatic rings. The zero-order valence-corrected chi connectivity index (χ0v) is 14.3. The summed E-state index contributed by atoms with van der Waals surface area (Å²) in [6, 6.07) is 7.69. The maximum Gasteiger partial charge on any atom is 0.323 e. The lowest BCUT2D eigenvalue weighted by Gasteiger charge is -2.23. The number of rotatable bonds is 2. The van der Waals surface area contributed by atoms with Crippen molar-refractivity contribution in [2.75, 3.05) is 5.32 Å². The van der Waals surface area contributed by atoms with Crippen LogP contribution in [0.2, 0.25) is 0 Å². The summed E-state index contributed by atoms with van der Waals surface area (Å²) in [5, 5.41) is 5.73. The Labute approximate surface area is 128 Å². The smallest absolute Gasteiger partial charge is 0.314 e. The monoisotopic (exact) mass is 288 g/mol. The van der Waals surface area contributed by atoms with Gasteiger partial charge in [0, 0.05) is 11.9 Å². The van der Waals surface area contributed by atoms with E-state index in [4.69, 9.17) is 0 Å². The predicted molar refractivity (Wildman–Crippen MR) is 90.5 cm³/mol. The first-order chi connectivity index (χ1) is 9.51. The third-order valence-electron chi connectivity index (χ3n) is 3.59. The van der Waals surface area contributed by atoms with E-state index in [0.29, 0.717) is 0 Å². The van der Waals surface area contributed by atoms with Gasteiger partial charge < -0.3 is 10.6 Å². The van der Waals surface area contributed by atoms with Crippen LogP contribution in [-0.2, 0) is 5.41 Å². The SMILES string of the molecule is C/C(=C\NC(=O)Nc1ccccc1C(C)(C)C)C(C)(C)C.